The van der Waals surface area contributed by atoms with E-state index in [-0.39, 0.29) is 11.8 Å². The highest BCUT2D eigenvalue weighted by Gasteiger charge is 2.10. The Morgan fingerprint density at radius 1 is 1.53 bits per heavy atom. The second kappa shape index (κ2) is 4.82. The average Bonchev–Trinajstić information content (AvgIpc) is 2.22. The van der Waals surface area contributed by atoms with E-state index in [1.54, 1.807) is 0 Å². The standard InChI is InChI=1S/C12H18N2O/c1-4-8(2)12(15)14-10-5-6-11(13)9(3)7-10/h5-8H,4,13H2,1-3H3,(H,14,15)/t8-/m1/s1. The monoisotopic (exact) mass is 206 g/mol. The summed E-state index contributed by atoms with van der Waals surface area (Å²) < 4.78 is 0. The Balaban J connectivity index is 2.73. The summed E-state index contributed by atoms with van der Waals surface area (Å²) >= 11 is 0. The van der Waals surface area contributed by atoms with E-state index in [1.165, 1.54) is 0 Å². The third kappa shape index (κ3) is 2.98. The topological polar surface area (TPSA) is 55.1 Å². The van der Waals surface area contributed by atoms with Crippen molar-refractivity contribution in [2.24, 2.45) is 5.92 Å². The number of rotatable bonds is 3. The van der Waals surface area contributed by atoms with E-state index in [0.29, 0.717) is 0 Å². The van der Waals surface area contributed by atoms with Crippen LogP contribution >= 0.6 is 0 Å². The van der Waals surface area contributed by atoms with Gasteiger partial charge in [0.25, 0.3) is 0 Å². The maximum absolute atomic E-state index is 11.6. The number of amides is 1. The lowest BCUT2D eigenvalue weighted by atomic mass is 10.1. The molecule has 0 spiro atoms. The summed E-state index contributed by atoms with van der Waals surface area (Å²) in [5.74, 6) is 0.101. The van der Waals surface area contributed by atoms with Gasteiger partial charge in [0, 0.05) is 17.3 Å². The molecule has 82 valence electrons. The molecular weight excluding hydrogens is 188 g/mol. The maximum atomic E-state index is 11.6. The third-order valence-corrected chi connectivity index (χ3v) is 2.60. The first-order valence-electron chi connectivity index (χ1n) is 5.21. The van der Waals surface area contributed by atoms with Crippen LogP contribution in [0.5, 0.6) is 0 Å². The highest BCUT2D eigenvalue weighted by Crippen LogP contribution is 2.17. The van der Waals surface area contributed by atoms with Crippen molar-refractivity contribution in [3.8, 4) is 0 Å². The summed E-state index contributed by atoms with van der Waals surface area (Å²) in [5.41, 5.74) is 8.23. The molecule has 3 heteroatoms. The lowest BCUT2D eigenvalue weighted by Gasteiger charge is -2.11. The van der Waals surface area contributed by atoms with Gasteiger partial charge in [-0.15, -0.1) is 0 Å². The zero-order valence-corrected chi connectivity index (χ0v) is 9.50. The lowest BCUT2D eigenvalue weighted by Crippen LogP contribution is -2.19. The van der Waals surface area contributed by atoms with E-state index in [0.717, 1.165) is 23.4 Å². The van der Waals surface area contributed by atoms with Crippen LogP contribution < -0.4 is 11.1 Å². The Kier molecular flexibility index (Phi) is 3.72. The largest absolute Gasteiger partial charge is 0.399 e. The number of carbonyl (C=O) groups is 1. The van der Waals surface area contributed by atoms with Crippen molar-refractivity contribution >= 4 is 17.3 Å². The maximum Gasteiger partial charge on any atom is 0.227 e. The summed E-state index contributed by atoms with van der Waals surface area (Å²) in [5, 5.41) is 2.87. The molecule has 0 saturated heterocycles. The molecule has 3 N–H and O–H groups in total. The van der Waals surface area contributed by atoms with Crippen LogP contribution in [0.15, 0.2) is 18.2 Å². The number of aryl methyl sites for hydroxylation is 1. The third-order valence-electron chi connectivity index (χ3n) is 2.60. The van der Waals surface area contributed by atoms with Crippen LogP contribution in [0.2, 0.25) is 0 Å². The highest BCUT2D eigenvalue weighted by molar-refractivity contribution is 5.92. The molecule has 0 heterocycles. The molecule has 0 fully saturated rings. The fourth-order valence-electron chi connectivity index (χ4n) is 1.20. The van der Waals surface area contributed by atoms with Gasteiger partial charge in [0.1, 0.15) is 0 Å². The molecule has 15 heavy (non-hydrogen) atoms. The second-order valence-corrected chi connectivity index (χ2v) is 3.87. The van der Waals surface area contributed by atoms with E-state index < -0.39 is 0 Å². The van der Waals surface area contributed by atoms with E-state index >= 15 is 0 Å². The molecule has 1 atom stereocenters. The van der Waals surface area contributed by atoms with Crippen molar-refractivity contribution in [1.82, 2.24) is 0 Å². The zero-order valence-electron chi connectivity index (χ0n) is 9.50. The van der Waals surface area contributed by atoms with Crippen LogP contribution in [0, 0.1) is 12.8 Å². The summed E-state index contributed by atoms with van der Waals surface area (Å²) in [4.78, 5) is 11.6. The molecule has 1 aromatic carbocycles. The number of nitrogen functional groups attached to an aromatic ring is 1. The van der Waals surface area contributed by atoms with E-state index in [2.05, 4.69) is 5.32 Å². The first-order valence-corrected chi connectivity index (χ1v) is 5.21. The van der Waals surface area contributed by atoms with Gasteiger partial charge in [-0.2, -0.15) is 0 Å². The Morgan fingerprint density at radius 2 is 2.20 bits per heavy atom. The zero-order chi connectivity index (χ0) is 11.4. The van der Waals surface area contributed by atoms with Gasteiger partial charge in [0.15, 0.2) is 0 Å². The van der Waals surface area contributed by atoms with E-state index in [9.17, 15) is 4.79 Å². The van der Waals surface area contributed by atoms with Gasteiger partial charge in [-0.3, -0.25) is 4.79 Å². The summed E-state index contributed by atoms with van der Waals surface area (Å²) in [7, 11) is 0. The van der Waals surface area contributed by atoms with Crippen molar-refractivity contribution in [1.29, 1.82) is 0 Å². The number of nitrogens with two attached hydrogens (primary N) is 1. The number of benzene rings is 1. The average molecular weight is 206 g/mol. The summed E-state index contributed by atoms with van der Waals surface area (Å²) in [6.07, 6.45) is 0.847. The molecule has 1 aromatic rings. The lowest BCUT2D eigenvalue weighted by molar-refractivity contribution is -0.119. The van der Waals surface area contributed by atoms with Gasteiger partial charge in [-0.25, -0.2) is 0 Å². The van der Waals surface area contributed by atoms with Gasteiger partial charge in [-0.1, -0.05) is 13.8 Å². The molecule has 0 aromatic heterocycles. The number of hydrogen-bond donors (Lipinski definition) is 2. The number of hydrogen-bond acceptors (Lipinski definition) is 2. The number of anilines is 2. The molecule has 0 aliphatic rings. The minimum absolute atomic E-state index is 0.0443. The predicted octanol–water partition coefficient (Wildman–Crippen LogP) is 2.56. The first-order chi connectivity index (χ1) is 7.04. The van der Waals surface area contributed by atoms with Gasteiger partial charge >= 0.3 is 0 Å². The van der Waals surface area contributed by atoms with Crippen molar-refractivity contribution in [3.63, 3.8) is 0 Å². The minimum Gasteiger partial charge on any atom is -0.399 e. The van der Waals surface area contributed by atoms with Crippen molar-refractivity contribution in [2.45, 2.75) is 27.2 Å². The van der Waals surface area contributed by atoms with E-state index in [1.807, 2.05) is 39.0 Å². The van der Waals surface area contributed by atoms with Crippen LogP contribution in [-0.2, 0) is 4.79 Å². The van der Waals surface area contributed by atoms with E-state index in [4.69, 9.17) is 5.73 Å². The Labute approximate surface area is 90.7 Å². The summed E-state index contributed by atoms with van der Waals surface area (Å²) in [6, 6.07) is 5.51. The molecule has 0 saturated carbocycles. The van der Waals surface area contributed by atoms with Crippen molar-refractivity contribution in [2.75, 3.05) is 11.1 Å². The molecule has 1 rings (SSSR count). The SMILES string of the molecule is CC[C@@H](C)C(=O)Nc1ccc(N)c(C)c1. The molecule has 0 radical (unpaired) electrons. The fourth-order valence-corrected chi connectivity index (χ4v) is 1.20. The number of carbonyl (C=O) groups excluding carboxylic acids is 1. The second-order valence-electron chi connectivity index (χ2n) is 3.87. The Hall–Kier alpha value is -1.51. The van der Waals surface area contributed by atoms with Gasteiger partial charge in [0.2, 0.25) is 5.91 Å². The van der Waals surface area contributed by atoms with Crippen LogP contribution in [0.3, 0.4) is 0 Å². The molecule has 0 bridgehead atoms. The van der Waals surface area contributed by atoms with Crippen molar-refractivity contribution < 1.29 is 4.79 Å². The molecular formula is C12H18N2O. The molecule has 0 aliphatic heterocycles. The molecule has 3 nitrogen and oxygen atoms in total. The Morgan fingerprint density at radius 3 is 2.73 bits per heavy atom. The smallest absolute Gasteiger partial charge is 0.227 e. The van der Waals surface area contributed by atoms with Crippen LogP contribution in [0.1, 0.15) is 25.8 Å². The molecule has 0 aliphatic carbocycles. The fraction of sp³-hybridized carbons (Fsp3) is 0.417. The van der Waals surface area contributed by atoms with Crippen LogP contribution in [0.4, 0.5) is 11.4 Å². The minimum atomic E-state index is 0.0443. The highest BCUT2D eigenvalue weighted by atomic mass is 16.1. The summed E-state index contributed by atoms with van der Waals surface area (Å²) in [6.45, 7) is 5.84. The van der Waals surface area contributed by atoms with Crippen LogP contribution in [-0.4, -0.2) is 5.91 Å². The number of nitrogens with one attached hydrogen (secondary N) is 1. The quantitative estimate of drug-likeness (QED) is 0.747. The predicted molar refractivity (Wildman–Crippen MR) is 63.7 cm³/mol. The molecule has 1 amide bonds. The normalized spacial score (nSPS) is 12.2. The Bertz CT molecular complexity index is 361. The van der Waals surface area contributed by atoms with Gasteiger partial charge in [0.05, 0.1) is 0 Å². The van der Waals surface area contributed by atoms with Crippen LogP contribution in [0.25, 0.3) is 0 Å². The van der Waals surface area contributed by atoms with Gasteiger partial charge < -0.3 is 11.1 Å². The van der Waals surface area contributed by atoms with Gasteiger partial charge in [-0.05, 0) is 37.1 Å². The van der Waals surface area contributed by atoms with Crippen molar-refractivity contribution in [3.05, 3.63) is 23.8 Å². The molecule has 0 unspecified atom stereocenters. The first kappa shape index (κ1) is 11.6.